The maximum absolute atomic E-state index is 14.9. The van der Waals surface area contributed by atoms with E-state index in [2.05, 4.69) is 15.4 Å². The van der Waals surface area contributed by atoms with Gasteiger partial charge in [-0.05, 0) is 45.7 Å². The minimum Gasteiger partial charge on any atom is -0.435 e. The summed E-state index contributed by atoms with van der Waals surface area (Å²) in [5.41, 5.74) is -2.33. The van der Waals surface area contributed by atoms with Crippen LogP contribution in [0.5, 0.6) is 5.75 Å². The number of alkyl halides is 3. The Morgan fingerprint density at radius 2 is 1.84 bits per heavy atom. The summed E-state index contributed by atoms with van der Waals surface area (Å²) in [4.78, 5) is 26.1. The van der Waals surface area contributed by atoms with Crippen LogP contribution in [0.25, 0.3) is 0 Å². The van der Waals surface area contributed by atoms with Crippen LogP contribution in [0.4, 0.5) is 17.6 Å². The molecule has 1 aliphatic heterocycles. The molecule has 0 atom stereocenters. The van der Waals surface area contributed by atoms with Gasteiger partial charge >= 0.3 is 6.61 Å². The lowest BCUT2D eigenvalue weighted by Gasteiger charge is -2.61. The first kappa shape index (κ1) is 23.3. The van der Waals surface area contributed by atoms with Crippen molar-refractivity contribution in [3.63, 3.8) is 0 Å². The van der Waals surface area contributed by atoms with Crippen molar-refractivity contribution in [2.45, 2.75) is 51.4 Å². The smallest absolute Gasteiger partial charge is 0.387 e. The number of halogens is 4. The molecular weight excluding hydrogens is 418 g/mol. The Hall–Kier alpha value is -2.36. The van der Waals surface area contributed by atoms with Crippen molar-refractivity contribution in [2.75, 3.05) is 26.2 Å². The van der Waals surface area contributed by atoms with E-state index in [-0.39, 0.29) is 48.4 Å². The van der Waals surface area contributed by atoms with Crippen LogP contribution in [-0.4, -0.2) is 60.7 Å². The predicted molar refractivity (Wildman–Crippen MR) is 105 cm³/mol. The molecule has 6 nitrogen and oxygen atoms in total. The predicted octanol–water partition coefficient (Wildman–Crippen LogP) is 2.88. The van der Waals surface area contributed by atoms with E-state index in [1.54, 1.807) is 0 Å². The van der Waals surface area contributed by atoms with Crippen LogP contribution in [-0.2, 0) is 4.79 Å². The number of amides is 2. The Bertz CT molecular complexity index is 843. The van der Waals surface area contributed by atoms with Gasteiger partial charge in [-0.15, -0.1) is 0 Å². The van der Waals surface area contributed by atoms with Gasteiger partial charge in [0.05, 0.1) is 13.1 Å². The van der Waals surface area contributed by atoms with Gasteiger partial charge in [0.1, 0.15) is 17.2 Å². The molecule has 1 aromatic rings. The van der Waals surface area contributed by atoms with Crippen LogP contribution in [0.2, 0.25) is 0 Å². The van der Waals surface area contributed by atoms with Gasteiger partial charge in [-0.1, -0.05) is 0 Å². The van der Waals surface area contributed by atoms with E-state index in [1.165, 1.54) is 0 Å². The first-order valence-electron chi connectivity index (χ1n) is 10.0. The van der Waals surface area contributed by atoms with Crippen LogP contribution in [0.15, 0.2) is 18.2 Å². The highest BCUT2D eigenvalue weighted by Crippen LogP contribution is 2.55. The summed E-state index contributed by atoms with van der Waals surface area (Å²) in [6.45, 7) is 3.77. The average molecular weight is 445 g/mol. The number of nitrogens with one attached hydrogen (secondary N) is 2. The first-order valence-corrected chi connectivity index (χ1v) is 10.0. The fraction of sp³-hybridized carbons (Fsp3) is 0.619. The van der Waals surface area contributed by atoms with Gasteiger partial charge < -0.3 is 15.4 Å². The van der Waals surface area contributed by atoms with Crippen molar-refractivity contribution in [3.8, 4) is 5.75 Å². The maximum Gasteiger partial charge on any atom is 0.387 e. The highest BCUT2D eigenvalue weighted by molar-refractivity contribution is 5.94. The molecular formula is C21H27F4N3O3. The van der Waals surface area contributed by atoms with Gasteiger partial charge in [0.15, 0.2) is 0 Å². The van der Waals surface area contributed by atoms with Crippen molar-refractivity contribution >= 4 is 11.8 Å². The molecule has 2 aliphatic rings. The maximum atomic E-state index is 14.9. The number of hydrogen-bond donors (Lipinski definition) is 2. The molecule has 1 aliphatic carbocycles. The zero-order valence-electron chi connectivity index (χ0n) is 17.7. The minimum atomic E-state index is -3.15. The van der Waals surface area contributed by atoms with Gasteiger partial charge in [0.25, 0.3) is 5.91 Å². The lowest BCUT2D eigenvalue weighted by atomic mass is 9.56. The highest BCUT2D eigenvalue weighted by atomic mass is 19.3. The van der Waals surface area contributed by atoms with E-state index in [0.717, 1.165) is 18.2 Å². The van der Waals surface area contributed by atoms with Crippen LogP contribution in [0, 0.1) is 11.2 Å². The molecule has 0 bridgehead atoms. The zero-order valence-corrected chi connectivity index (χ0v) is 17.7. The first-order chi connectivity index (χ1) is 14.3. The molecule has 0 radical (unpaired) electrons. The molecule has 0 unspecified atom stereocenters. The number of benzene rings is 1. The number of hydrogen-bond acceptors (Lipinski definition) is 4. The van der Waals surface area contributed by atoms with Gasteiger partial charge in [0.2, 0.25) is 5.91 Å². The van der Waals surface area contributed by atoms with Gasteiger partial charge in [-0.25, -0.2) is 8.78 Å². The Morgan fingerprint density at radius 3 is 2.42 bits per heavy atom. The molecule has 2 amide bonds. The molecule has 3 rings (SSSR count). The highest BCUT2D eigenvalue weighted by Gasteiger charge is 2.60. The fourth-order valence-corrected chi connectivity index (χ4v) is 4.52. The summed E-state index contributed by atoms with van der Waals surface area (Å²) in [5, 5.41) is 5.29. The van der Waals surface area contributed by atoms with E-state index >= 15 is 0 Å². The van der Waals surface area contributed by atoms with Gasteiger partial charge in [-0.3, -0.25) is 14.5 Å². The van der Waals surface area contributed by atoms with E-state index in [1.807, 2.05) is 25.7 Å². The van der Waals surface area contributed by atoms with Crippen molar-refractivity contribution in [3.05, 3.63) is 29.6 Å². The fourth-order valence-electron chi connectivity index (χ4n) is 4.52. The third kappa shape index (κ3) is 6.09. The molecule has 0 aromatic heterocycles. The third-order valence-electron chi connectivity index (χ3n) is 5.31. The molecule has 10 heteroatoms. The molecule has 1 aromatic carbocycles. The summed E-state index contributed by atoms with van der Waals surface area (Å²) < 4.78 is 57.2. The molecule has 2 N–H and O–H groups in total. The number of carbonyl (C=O) groups is 2. The molecule has 2 fully saturated rings. The van der Waals surface area contributed by atoms with Gasteiger partial charge in [0, 0.05) is 35.7 Å². The Labute approximate surface area is 178 Å². The molecule has 1 heterocycles. The van der Waals surface area contributed by atoms with Crippen LogP contribution in [0.3, 0.4) is 0 Å². The number of carbonyl (C=O) groups excluding carboxylic acids is 2. The van der Waals surface area contributed by atoms with Crippen molar-refractivity contribution in [1.82, 2.24) is 15.5 Å². The third-order valence-corrected chi connectivity index (χ3v) is 5.31. The zero-order chi connectivity index (χ0) is 23.0. The van der Waals surface area contributed by atoms with E-state index < -0.39 is 29.8 Å². The summed E-state index contributed by atoms with van der Waals surface area (Å²) in [6.07, 6.45) is 0.501. The summed E-state index contributed by atoms with van der Waals surface area (Å²) in [5.74, 6) is -2.25. The number of ether oxygens (including phenoxy) is 1. The van der Waals surface area contributed by atoms with E-state index in [4.69, 9.17) is 0 Å². The van der Waals surface area contributed by atoms with Crippen molar-refractivity contribution < 1.29 is 31.9 Å². The lowest BCUT2D eigenvalue weighted by molar-refractivity contribution is -0.157. The monoisotopic (exact) mass is 445 g/mol. The topological polar surface area (TPSA) is 70.7 Å². The molecule has 31 heavy (non-hydrogen) atoms. The summed E-state index contributed by atoms with van der Waals surface area (Å²) in [7, 11) is 0. The normalized spacial score (nSPS) is 19.5. The van der Waals surface area contributed by atoms with Crippen LogP contribution >= 0.6 is 0 Å². The second kappa shape index (κ2) is 8.29. The number of likely N-dealkylation sites (tertiary alicyclic amines) is 1. The minimum absolute atomic E-state index is 0.0780. The Balaban J connectivity index is 1.45. The molecule has 1 spiro atoms. The second-order valence-corrected chi connectivity index (χ2v) is 9.68. The largest absolute Gasteiger partial charge is 0.435 e. The number of nitrogens with zero attached hydrogens (tertiary/aromatic N) is 1. The standard InChI is InChI=1S/C21H27F4N3O3/c1-19(2,3)27-16(29)7-28-11-20(12-28)8-21(25,9-20)10-26-17(30)13-4-14(22)6-15(5-13)31-18(23)24/h4-6,18H,7-12H2,1-3H3,(H,26,30)(H,27,29). The quantitative estimate of drug-likeness (QED) is 0.634. The average Bonchev–Trinajstić information content (AvgIpc) is 2.53. The van der Waals surface area contributed by atoms with E-state index in [0.29, 0.717) is 13.1 Å². The van der Waals surface area contributed by atoms with Crippen molar-refractivity contribution in [2.24, 2.45) is 5.41 Å². The SMILES string of the molecule is CC(C)(C)NC(=O)CN1CC2(C1)CC(F)(CNC(=O)c1cc(F)cc(OC(F)F)c1)C2. The van der Waals surface area contributed by atoms with E-state index in [9.17, 15) is 27.2 Å². The van der Waals surface area contributed by atoms with Gasteiger partial charge in [-0.2, -0.15) is 8.78 Å². The molecule has 1 saturated heterocycles. The summed E-state index contributed by atoms with van der Waals surface area (Å²) >= 11 is 0. The van der Waals surface area contributed by atoms with Crippen LogP contribution < -0.4 is 15.4 Å². The molecule has 1 saturated carbocycles. The van der Waals surface area contributed by atoms with Crippen molar-refractivity contribution in [1.29, 1.82) is 0 Å². The Kier molecular flexibility index (Phi) is 6.23. The summed E-state index contributed by atoms with van der Waals surface area (Å²) in [6, 6.07) is 2.58. The second-order valence-electron chi connectivity index (χ2n) is 9.68. The Morgan fingerprint density at radius 1 is 1.19 bits per heavy atom. The molecule has 172 valence electrons. The lowest BCUT2D eigenvalue weighted by Crippen LogP contribution is -2.69. The number of rotatable bonds is 7. The van der Waals surface area contributed by atoms with Crippen LogP contribution in [0.1, 0.15) is 44.0 Å².